The highest BCUT2D eigenvalue weighted by molar-refractivity contribution is 6.04. The van der Waals surface area contributed by atoms with Gasteiger partial charge in [0.15, 0.2) is 0 Å². The van der Waals surface area contributed by atoms with E-state index in [0.29, 0.717) is 35.9 Å². The quantitative estimate of drug-likeness (QED) is 0.670. The fraction of sp³-hybridized carbons (Fsp3) is 0.421. The maximum Gasteiger partial charge on any atom is 0.303 e. The zero-order valence-electron chi connectivity index (χ0n) is 15.4. The van der Waals surface area contributed by atoms with Crippen LogP contribution in [0.3, 0.4) is 0 Å². The molecule has 7 heteroatoms. The first-order valence-electron chi connectivity index (χ1n) is 8.65. The lowest BCUT2D eigenvalue weighted by molar-refractivity contribution is -0.137. The number of rotatable bonds is 9. The molecule has 1 heterocycles. The van der Waals surface area contributed by atoms with Crippen molar-refractivity contribution >= 4 is 17.6 Å². The molecule has 7 nitrogen and oxygen atoms in total. The van der Waals surface area contributed by atoms with Gasteiger partial charge in [0.1, 0.15) is 5.75 Å². The molecule has 0 saturated carbocycles. The SMILES string of the molecule is Cc1c(C(=O)Nc2ccc(OCCCC(=O)O)cc2)cnn1CC(C)C. The van der Waals surface area contributed by atoms with Crippen LogP contribution in [0.5, 0.6) is 5.75 Å². The average Bonchev–Trinajstić information content (AvgIpc) is 2.93. The van der Waals surface area contributed by atoms with Crippen molar-refractivity contribution in [2.75, 3.05) is 11.9 Å². The summed E-state index contributed by atoms with van der Waals surface area (Å²) in [5, 5.41) is 15.7. The van der Waals surface area contributed by atoms with Crippen LogP contribution in [0.2, 0.25) is 0 Å². The van der Waals surface area contributed by atoms with E-state index >= 15 is 0 Å². The summed E-state index contributed by atoms with van der Waals surface area (Å²) in [5.74, 6) is 0.0492. The fourth-order valence-electron chi connectivity index (χ4n) is 2.45. The fourth-order valence-corrected chi connectivity index (χ4v) is 2.45. The van der Waals surface area contributed by atoms with Crippen LogP contribution < -0.4 is 10.1 Å². The van der Waals surface area contributed by atoms with Crippen molar-refractivity contribution in [1.29, 1.82) is 0 Å². The number of amides is 1. The minimum absolute atomic E-state index is 0.0813. The number of hydrogen-bond acceptors (Lipinski definition) is 4. The third kappa shape index (κ3) is 5.61. The molecule has 0 spiro atoms. The lowest BCUT2D eigenvalue weighted by Crippen LogP contribution is -2.14. The first kappa shape index (κ1) is 19.5. The van der Waals surface area contributed by atoms with E-state index in [-0.39, 0.29) is 12.3 Å². The second-order valence-electron chi connectivity index (χ2n) is 6.54. The number of carbonyl (C=O) groups excluding carboxylic acids is 1. The molecule has 1 aromatic heterocycles. The lowest BCUT2D eigenvalue weighted by atomic mass is 10.2. The monoisotopic (exact) mass is 359 g/mol. The molecule has 0 unspecified atom stereocenters. The van der Waals surface area contributed by atoms with Gasteiger partial charge in [0.25, 0.3) is 5.91 Å². The van der Waals surface area contributed by atoms with Crippen molar-refractivity contribution in [1.82, 2.24) is 9.78 Å². The first-order valence-corrected chi connectivity index (χ1v) is 8.65. The Morgan fingerprint density at radius 2 is 1.96 bits per heavy atom. The highest BCUT2D eigenvalue weighted by Gasteiger charge is 2.15. The minimum Gasteiger partial charge on any atom is -0.494 e. The van der Waals surface area contributed by atoms with Gasteiger partial charge in [0, 0.05) is 24.3 Å². The molecule has 2 aromatic rings. The topological polar surface area (TPSA) is 93.4 Å². The van der Waals surface area contributed by atoms with Crippen molar-refractivity contribution in [3.05, 3.63) is 41.7 Å². The second-order valence-corrected chi connectivity index (χ2v) is 6.54. The Hall–Kier alpha value is -2.83. The van der Waals surface area contributed by atoms with E-state index in [1.54, 1.807) is 30.5 Å². The average molecular weight is 359 g/mol. The summed E-state index contributed by atoms with van der Waals surface area (Å²) in [6.07, 6.45) is 2.12. The van der Waals surface area contributed by atoms with E-state index in [0.717, 1.165) is 12.2 Å². The smallest absolute Gasteiger partial charge is 0.303 e. The molecule has 0 aliphatic rings. The zero-order valence-corrected chi connectivity index (χ0v) is 15.4. The van der Waals surface area contributed by atoms with Crippen LogP contribution in [0.15, 0.2) is 30.5 Å². The van der Waals surface area contributed by atoms with Gasteiger partial charge in [-0.3, -0.25) is 14.3 Å². The van der Waals surface area contributed by atoms with Crippen molar-refractivity contribution in [2.45, 2.75) is 40.2 Å². The number of benzene rings is 1. The molecule has 1 amide bonds. The molecule has 2 N–H and O–H groups in total. The van der Waals surface area contributed by atoms with Crippen LogP contribution in [0, 0.1) is 12.8 Å². The normalized spacial score (nSPS) is 10.8. The number of carboxylic acids is 1. The van der Waals surface area contributed by atoms with Gasteiger partial charge in [-0.25, -0.2) is 0 Å². The molecule has 1 aromatic carbocycles. The van der Waals surface area contributed by atoms with Gasteiger partial charge in [-0.15, -0.1) is 0 Å². The van der Waals surface area contributed by atoms with Gasteiger partial charge < -0.3 is 15.2 Å². The largest absolute Gasteiger partial charge is 0.494 e. The van der Waals surface area contributed by atoms with Crippen LogP contribution in [-0.4, -0.2) is 33.4 Å². The summed E-state index contributed by atoms with van der Waals surface area (Å²) in [6.45, 7) is 7.20. The van der Waals surface area contributed by atoms with Crippen molar-refractivity contribution in [3.63, 3.8) is 0 Å². The molecule has 2 rings (SSSR count). The van der Waals surface area contributed by atoms with E-state index in [2.05, 4.69) is 24.3 Å². The number of anilines is 1. The van der Waals surface area contributed by atoms with Gasteiger partial charge in [-0.05, 0) is 43.5 Å². The molecule has 0 fully saturated rings. The maximum absolute atomic E-state index is 12.4. The van der Waals surface area contributed by atoms with E-state index in [4.69, 9.17) is 9.84 Å². The Bertz CT molecular complexity index is 751. The van der Waals surface area contributed by atoms with E-state index in [9.17, 15) is 9.59 Å². The molecular weight excluding hydrogens is 334 g/mol. The number of hydrogen-bond donors (Lipinski definition) is 2. The Morgan fingerprint density at radius 3 is 2.58 bits per heavy atom. The van der Waals surface area contributed by atoms with Gasteiger partial charge in [0.2, 0.25) is 0 Å². The highest BCUT2D eigenvalue weighted by atomic mass is 16.5. The van der Waals surface area contributed by atoms with Crippen LogP contribution in [0.1, 0.15) is 42.7 Å². The second kappa shape index (κ2) is 9.03. The summed E-state index contributed by atoms with van der Waals surface area (Å²) in [6, 6.07) is 6.98. The summed E-state index contributed by atoms with van der Waals surface area (Å²) < 4.78 is 7.31. The van der Waals surface area contributed by atoms with Gasteiger partial charge in [-0.1, -0.05) is 13.8 Å². The predicted octanol–water partition coefficient (Wildman–Crippen LogP) is 3.34. The summed E-state index contributed by atoms with van der Waals surface area (Å²) in [4.78, 5) is 22.9. The predicted molar refractivity (Wildman–Crippen MR) is 98.6 cm³/mol. The Balaban J connectivity index is 1.91. The van der Waals surface area contributed by atoms with Gasteiger partial charge >= 0.3 is 5.97 Å². The third-order valence-corrected chi connectivity index (χ3v) is 3.80. The molecule has 0 radical (unpaired) electrons. The van der Waals surface area contributed by atoms with Gasteiger partial charge in [-0.2, -0.15) is 5.10 Å². The van der Waals surface area contributed by atoms with Crippen LogP contribution in [0.4, 0.5) is 5.69 Å². The lowest BCUT2D eigenvalue weighted by Gasteiger charge is -2.09. The van der Waals surface area contributed by atoms with Crippen molar-refractivity contribution in [3.8, 4) is 5.75 Å². The van der Waals surface area contributed by atoms with Crippen molar-refractivity contribution < 1.29 is 19.4 Å². The Labute approximate surface area is 153 Å². The maximum atomic E-state index is 12.4. The Morgan fingerprint density at radius 1 is 1.27 bits per heavy atom. The Kier molecular flexibility index (Phi) is 6.77. The number of nitrogens with one attached hydrogen (secondary N) is 1. The standard InChI is InChI=1S/C19H25N3O4/c1-13(2)12-22-14(3)17(11-20-22)19(25)21-15-6-8-16(9-7-15)26-10-4-5-18(23)24/h6-9,11,13H,4-5,10,12H2,1-3H3,(H,21,25)(H,23,24). The van der Waals surface area contributed by atoms with E-state index in [1.165, 1.54) is 0 Å². The number of nitrogens with zero attached hydrogens (tertiary/aromatic N) is 2. The van der Waals surface area contributed by atoms with Crippen LogP contribution in [0.25, 0.3) is 0 Å². The van der Waals surface area contributed by atoms with Crippen molar-refractivity contribution in [2.24, 2.45) is 5.92 Å². The summed E-state index contributed by atoms with van der Waals surface area (Å²) in [7, 11) is 0. The van der Waals surface area contributed by atoms with E-state index < -0.39 is 5.97 Å². The molecule has 0 aliphatic carbocycles. The molecule has 0 atom stereocenters. The summed E-state index contributed by atoms with van der Waals surface area (Å²) in [5.41, 5.74) is 2.05. The third-order valence-electron chi connectivity index (χ3n) is 3.80. The molecule has 0 bridgehead atoms. The first-order chi connectivity index (χ1) is 12.4. The molecule has 26 heavy (non-hydrogen) atoms. The van der Waals surface area contributed by atoms with Crippen LogP contribution in [-0.2, 0) is 11.3 Å². The summed E-state index contributed by atoms with van der Waals surface area (Å²) >= 11 is 0. The van der Waals surface area contributed by atoms with E-state index in [1.807, 2.05) is 11.6 Å². The minimum atomic E-state index is -0.835. The molecule has 0 aliphatic heterocycles. The molecule has 140 valence electrons. The number of carboxylic acid groups (broad SMARTS) is 1. The zero-order chi connectivity index (χ0) is 19.1. The van der Waals surface area contributed by atoms with Crippen LogP contribution >= 0.6 is 0 Å². The molecule has 0 saturated heterocycles. The highest BCUT2D eigenvalue weighted by Crippen LogP contribution is 2.18. The number of carbonyl (C=O) groups is 2. The number of aromatic nitrogens is 2. The number of ether oxygens (including phenoxy) is 1. The number of aliphatic carboxylic acids is 1. The van der Waals surface area contributed by atoms with Gasteiger partial charge in [0.05, 0.1) is 18.4 Å². The molecular formula is C19H25N3O4.